The van der Waals surface area contributed by atoms with Gasteiger partial charge >= 0.3 is 6.03 Å². The fraction of sp³-hybridized carbons (Fsp3) is 0.750. The van der Waals surface area contributed by atoms with Crippen molar-refractivity contribution in [2.24, 2.45) is 22.1 Å². The third kappa shape index (κ3) is 2.00. The Morgan fingerprint density at radius 1 is 1.50 bits per heavy atom. The van der Waals surface area contributed by atoms with Gasteiger partial charge in [0.05, 0.1) is 6.04 Å². The number of amides is 2. The average Bonchev–Trinajstić information content (AvgIpc) is 2.60. The molecule has 4 nitrogen and oxygen atoms in total. The van der Waals surface area contributed by atoms with E-state index in [2.05, 4.69) is 31.7 Å². The number of nitrogens with zero attached hydrogens (tertiary/aromatic N) is 2. The van der Waals surface area contributed by atoms with Crippen molar-refractivity contribution in [2.45, 2.75) is 65.0 Å². The first-order chi connectivity index (χ1) is 9.25. The Bertz CT molecular complexity index is 483. The van der Waals surface area contributed by atoms with Crippen LogP contribution in [0, 0.1) is 23.7 Å². The summed E-state index contributed by atoms with van der Waals surface area (Å²) >= 11 is 0. The molecule has 0 aromatic rings. The molecular formula is C16H25N3O. The van der Waals surface area contributed by atoms with Gasteiger partial charge in [0.25, 0.3) is 0 Å². The highest BCUT2D eigenvalue weighted by atomic mass is 16.2. The van der Waals surface area contributed by atoms with E-state index < -0.39 is 5.54 Å². The first-order valence-corrected chi connectivity index (χ1v) is 7.39. The molecule has 3 unspecified atom stereocenters. The molecule has 1 heterocycles. The molecule has 1 fully saturated rings. The molecular weight excluding hydrogens is 250 g/mol. The lowest BCUT2D eigenvalue weighted by Gasteiger charge is -2.52. The number of terminal acetylenes is 1. The molecule has 2 N–H and O–H groups in total. The van der Waals surface area contributed by atoms with Crippen LogP contribution in [-0.2, 0) is 0 Å². The summed E-state index contributed by atoms with van der Waals surface area (Å²) in [6.45, 7) is 8.50. The number of hydrogen-bond donors (Lipinski definition) is 1. The van der Waals surface area contributed by atoms with Gasteiger partial charge in [-0.15, -0.1) is 6.42 Å². The largest absolute Gasteiger partial charge is 0.385 e. The smallest absolute Gasteiger partial charge is 0.347 e. The van der Waals surface area contributed by atoms with Crippen molar-refractivity contribution < 1.29 is 4.79 Å². The Balaban J connectivity index is 2.55. The molecule has 0 aromatic heterocycles. The zero-order chi connectivity index (χ0) is 15.1. The van der Waals surface area contributed by atoms with Crippen LogP contribution in [0.4, 0.5) is 4.79 Å². The number of urea groups is 1. The van der Waals surface area contributed by atoms with E-state index in [1.165, 1.54) is 6.42 Å². The van der Waals surface area contributed by atoms with Crippen molar-refractivity contribution in [3.8, 4) is 12.3 Å². The summed E-state index contributed by atoms with van der Waals surface area (Å²) in [5.41, 5.74) is 5.79. The minimum atomic E-state index is -0.487. The van der Waals surface area contributed by atoms with E-state index in [4.69, 9.17) is 12.2 Å². The quantitative estimate of drug-likeness (QED) is 0.748. The highest BCUT2D eigenvalue weighted by Crippen LogP contribution is 2.50. The van der Waals surface area contributed by atoms with Gasteiger partial charge in [0.15, 0.2) is 0 Å². The monoisotopic (exact) mass is 275 g/mol. The van der Waals surface area contributed by atoms with Gasteiger partial charge in [-0.1, -0.05) is 39.5 Å². The number of aliphatic imine (C=N–C) groups is 1. The number of carbonyl (C=O) groups excluding carboxylic acids is 1. The second kappa shape index (κ2) is 4.80. The van der Waals surface area contributed by atoms with E-state index in [1.54, 1.807) is 4.90 Å². The second-order valence-corrected chi connectivity index (χ2v) is 7.08. The minimum Gasteiger partial charge on any atom is -0.385 e. The van der Waals surface area contributed by atoms with Crippen molar-refractivity contribution in [3.63, 3.8) is 0 Å². The van der Waals surface area contributed by atoms with Crippen LogP contribution in [0.5, 0.6) is 0 Å². The molecule has 1 saturated carbocycles. The van der Waals surface area contributed by atoms with Crippen molar-refractivity contribution in [3.05, 3.63) is 0 Å². The molecule has 1 aliphatic carbocycles. The van der Waals surface area contributed by atoms with Gasteiger partial charge in [-0.05, 0) is 31.1 Å². The maximum Gasteiger partial charge on any atom is 0.347 e. The van der Waals surface area contributed by atoms with Crippen LogP contribution >= 0.6 is 0 Å². The molecule has 2 rings (SSSR count). The van der Waals surface area contributed by atoms with Gasteiger partial charge in [0.2, 0.25) is 0 Å². The molecule has 1 spiro atoms. The molecule has 110 valence electrons. The van der Waals surface area contributed by atoms with Crippen LogP contribution < -0.4 is 5.73 Å². The van der Waals surface area contributed by atoms with E-state index in [-0.39, 0.29) is 23.4 Å². The van der Waals surface area contributed by atoms with Crippen LogP contribution in [0.2, 0.25) is 0 Å². The maximum absolute atomic E-state index is 12.3. The molecule has 0 aromatic carbocycles. The molecule has 2 amide bonds. The van der Waals surface area contributed by atoms with Gasteiger partial charge < -0.3 is 5.73 Å². The molecule has 20 heavy (non-hydrogen) atoms. The Labute approximate surface area is 121 Å². The van der Waals surface area contributed by atoms with Crippen LogP contribution in [0.1, 0.15) is 53.4 Å². The summed E-state index contributed by atoms with van der Waals surface area (Å²) in [5, 5.41) is 0. The van der Waals surface area contributed by atoms with Crippen LogP contribution in [-0.4, -0.2) is 28.3 Å². The van der Waals surface area contributed by atoms with Crippen molar-refractivity contribution in [1.82, 2.24) is 4.90 Å². The molecule has 0 radical (unpaired) electrons. The lowest BCUT2D eigenvalue weighted by atomic mass is 9.61. The van der Waals surface area contributed by atoms with Crippen LogP contribution in [0.25, 0.3) is 0 Å². The number of rotatable bonds is 1. The molecule has 0 saturated heterocycles. The minimum absolute atomic E-state index is 0.0533. The van der Waals surface area contributed by atoms with E-state index >= 15 is 0 Å². The van der Waals surface area contributed by atoms with E-state index in [0.717, 1.165) is 19.3 Å². The Kier molecular flexibility index (Phi) is 3.58. The SMILES string of the molecule is C#CC(C)N1C(=O)N=C(N)C12CCCCC2C(C)(C)C. The second-order valence-electron chi connectivity index (χ2n) is 7.08. The number of hydrogen-bond acceptors (Lipinski definition) is 2. The molecule has 3 atom stereocenters. The highest BCUT2D eigenvalue weighted by molar-refractivity contribution is 6.06. The predicted molar refractivity (Wildman–Crippen MR) is 81.3 cm³/mol. The van der Waals surface area contributed by atoms with Gasteiger partial charge in [-0.3, -0.25) is 4.90 Å². The first-order valence-electron chi connectivity index (χ1n) is 7.39. The van der Waals surface area contributed by atoms with Crippen molar-refractivity contribution in [1.29, 1.82) is 0 Å². The Hall–Kier alpha value is -1.50. The zero-order valence-electron chi connectivity index (χ0n) is 12.9. The third-order valence-corrected chi connectivity index (χ3v) is 4.85. The summed E-state index contributed by atoms with van der Waals surface area (Å²) in [7, 11) is 0. The number of carbonyl (C=O) groups is 1. The molecule has 2 aliphatic rings. The van der Waals surface area contributed by atoms with Crippen molar-refractivity contribution >= 4 is 11.9 Å². The van der Waals surface area contributed by atoms with E-state index in [0.29, 0.717) is 5.84 Å². The topological polar surface area (TPSA) is 58.7 Å². The highest BCUT2D eigenvalue weighted by Gasteiger charge is 2.58. The van der Waals surface area contributed by atoms with E-state index in [9.17, 15) is 4.79 Å². The fourth-order valence-electron chi connectivity index (χ4n) is 4.03. The summed E-state index contributed by atoms with van der Waals surface area (Å²) in [4.78, 5) is 18.1. The summed E-state index contributed by atoms with van der Waals surface area (Å²) in [6.07, 6.45) is 9.72. The number of amidine groups is 1. The molecule has 0 bridgehead atoms. The zero-order valence-corrected chi connectivity index (χ0v) is 12.9. The third-order valence-electron chi connectivity index (χ3n) is 4.85. The van der Waals surface area contributed by atoms with Gasteiger partial charge in [0.1, 0.15) is 11.4 Å². The summed E-state index contributed by atoms with van der Waals surface area (Å²) in [5.74, 6) is 3.43. The maximum atomic E-state index is 12.3. The fourth-order valence-corrected chi connectivity index (χ4v) is 4.03. The van der Waals surface area contributed by atoms with Gasteiger partial charge in [0, 0.05) is 0 Å². The van der Waals surface area contributed by atoms with Crippen LogP contribution in [0.3, 0.4) is 0 Å². The van der Waals surface area contributed by atoms with Gasteiger partial charge in [-0.2, -0.15) is 4.99 Å². The lowest BCUT2D eigenvalue weighted by molar-refractivity contribution is 0.0241. The normalized spacial score (nSPS) is 32.1. The summed E-state index contributed by atoms with van der Waals surface area (Å²) < 4.78 is 0. The van der Waals surface area contributed by atoms with Crippen molar-refractivity contribution in [2.75, 3.05) is 0 Å². The lowest BCUT2D eigenvalue weighted by Crippen LogP contribution is -2.64. The summed E-state index contributed by atoms with van der Waals surface area (Å²) in [6, 6.07) is -0.556. The van der Waals surface area contributed by atoms with Gasteiger partial charge in [-0.25, -0.2) is 4.79 Å². The molecule has 4 heteroatoms. The predicted octanol–water partition coefficient (Wildman–Crippen LogP) is 2.78. The Morgan fingerprint density at radius 2 is 2.15 bits per heavy atom. The Morgan fingerprint density at radius 3 is 2.70 bits per heavy atom. The number of nitrogens with two attached hydrogens (primary N) is 1. The van der Waals surface area contributed by atoms with Crippen LogP contribution in [0.15, 0.2) is 4.99 Å². The standard InChI is InChI=1S/C16H25N3O/c1-6-11(2)19-14(20)18-13(17)16(19)10-8-7-9-12(16)15(3,4)5/h1,11-12H,7-10H2,2-5H3,(H2,17,18,20). The molecule has 1 aliphatic heterocycles. The first kappa shape index (κ1) is 14.9. The average molecular weight is 275 g/mol. The van der Waals surface area contributed by atoms with E-state index in [1.807, 2.05) is 6.92 Å².